The number of hydrogen-bond acceptors (Lipinski definition) is 5. The first-order chi connectivity index (χ1) is 15.7. The van der Waals surface area contributed by atoms with Gasteiger partial charge in [-0.05, 0) is 55.6 Å². The Hall–Kier alpha value is -2.64. The fourth-order valence-electron chi connectivity index (χ4n) is 4.59. The summed E-state index contributed by atoms with van der Waals surface area (Å²) >= 11 is 6.06. The predicted octanol–water partition coefficient (Wildman–Crippen LogP) is 3.61. The number of benzene rings is 1. The van der Waals surface area contributed by atoms with Crippen molar-refractivity contribution in [3.8, 4) is 0 Å². The maximum absolute atomic E-state index is 13.1. The molecule has 32 heavy (non-hydrogen) atoms. The number of aromatic nitrogens is 3. The van der Waals surface area contributed by atoms with Gasteiger partial charge in [-0.15, -0.1) is 0 Å². The monoisotopic (exact) mass is 452 g/mol. The molecular weight excluding hydrogens is 424 g/mol. The number of pyridine rings is 1. The molecule has 2 aliphatic rings. The van der Waals surface area contributed by atoms with Crippen LogP contribution >= 0.6 is 11.6 Å². The Morgan fingerprint density at radius 3 is 2.59 bits per heavy atom. The summed E-state index contributed by atoms with van der Waals surface area (Å²) in [6.07, 6.45) is 5.85. The molecule has 3 aromatic rings. The van der Waals surface area contributed by atoms with Crippen molar-refractivity contribution in [3.63, 3.8) is 0 Å². The van der Waals surface area contributed by atoms with Crippen molar-refractivity contribution in [2.75, 3.05) is 31.1 Å². The van der Waals surface area contributed by atoms with Crippen LogP contribution in [0.4, 0.5) is 5.82 Å². The fourth-order valence-corrected chi connectivity index (χ4v) is 4.72. The van der Waals surface area contributed by atoms with Crippen molar-refractivity contribution in [1.82, 2.24) is 25.4 Å². The van der Waals surface area contributed by atoms with E-state index in [1.54, 1.807) is 0 Å². The molecule has 0 aliphatic carbocycles. The van der Waals surface area contributed by atoms with Gasteiger partial charge >= 0.3 is 0 Å². The lowest BCUT2D eigenvalue weighted by atomic mass is 10.2. The van der Waals surface area contributed by atoms with Gasteiger partial charge in [0.1, 0.15) is 5.82 Å². The number of fused-ring (bicyclic) bond motifs is 1. The van der Waals surface area contributed by atoms with E-state index in [1.165, 1.54) is 25.7 Å². The zero-order valence-corrected chi connectivity index (χ0v) is 18.9. The van der Waals surface area contributed by atoms with Crippen LogP contribution in [0.2, 0.25) is 5.02 Å². The van der Waals surface area contributed by atoms with Crippen molar-refractivity contribution in [2.45, 2.75) is 44.7 Å². The number of hydrogen-bond donors (Lipinski definition) is 2. The molecule has 0 saturated carbocycles. The summed E-state index contributed by atoms with van der Waals surface area (Å²) in [6, 6.07) is 11.9. The van der Waals surface area contributed by atoms with Gasteiger partial charge in [0, 0.05) is 30.7 Å². The van der Waals surface area contributed by atoms with E-state index in [0.717, 1.165) is 55.0 Å². The number of amides is 1. The SMILES string of the molecule is O=C(NC1CCNC1)c1nn(Cc2ccc(Cl)cc2)c2nc(N3CCCCCC3)ccc12. The molecule has 1 aromatic carbocycles. The maximum atomic E-state index is 13.1. The number of carbonyl (C=O) groups excluding carboxylic acids is 1. The third-order valence-electron chi connectivity index (χ3n) is 6.37. The summed E-state index contributed by atoms with van der Waals surface area (Å²) in [5, 5.41) is 12.6. The molecule has 0 bridgehead atoms. The van der Waals surface area contributed by atoms with Crippen molar-refractivity contribution < 1.29 is 4.79 Å². The number of rotatable bonds is 5. The van der Waals surface area contributed by atoms with E-state index < -0.39 is 0 Å². The zero-order chi connectivity index (χ0) is 21.9. The summed E-state index contributed by atoms with van der Waals surface area (Å²) in [5.41, 5.74) is 2.25. The minimum atomic E-state index is -0.136. The smallest absolute Gasteiger partial charge is 0.272 e. The number of nitrogens with zero attached hydrogens (tertiary/aromatic N) is 4. The lowest BCUT2D eigenvalue weighted by molar-refractivity contribution is 0.0936. The fraction of sp³-hybridized carbons (Fsp3) is 0.458. The van der Waals surface area contributed by atoms with Crippen molar-refractivity contribution in [3.05, 3.63) is 52.7 Å². The quantitative estimate of drug-likeness (QED) is 0.618. The molecule has 0 radical (unpaired) electrons. The Morgan fingerprint density at radius 2 is 1.88 bits per heavy atom. The highest BCUT2D eigenvalue weighted by Crippen LogP contribution is 2.25. The van der Waals surface area contributed by atoms with Gasteiger partial charge in [-0.3, -0.25) is 4.79 Å². The topological polar surface area (TPSA) is 75.1 Å². The molecule has 1 atom stereocenters. The lowest BCUT2D eigenvalue weighted by Gasteiger charge is -2.21. The highest BCUT2D eigenvalue weighted by atomic mass is 35.5. The van der Waals surface area contributed by atoms with E-state index in [0.29, 0.717) is 17.3 Å². The van der Waals surface area contributed by atoms with Crippen LogP contribution in [0.15, 0.2) is 36.4 Å². The van der Waals surface area contributed by atoms with Crippen LogP contribution in [0.25, 0.3) is 11.0 Å². The van der Waals surface area contributed by atoms with Crippen LogP contribution in [0, 0.1) is 0 Å². The minimum absolute atomic E-state index is 0.136. The second-order valence-corrected chi connectivity index (χ2v) is 9.17. The molecule has 1 amide bonds. The van der Waals surface area contributed by atoms with Crippen LogP contribution in [0.1, 0.15) is 48.2 Å². The summed E-state index contributed by atoms with van der Waals surface area (Å²) in [5.74, 6) is 0.825. The summed E-state index contributed by atoms with van der Waals surface area (Å²) in [4.78, 5) is 20.4. The molecule has 2 aliphatic heterocycles. The van der Waals surface area contributed by atoms with Crippen LogP contribution in [-0.4, -0.2) is 52.9 Å². The minimum Gasteiger partial charge on any atom is -0.357 e. The zero-order valence-electron chi connectivity index (χ0n) is 18.2. The molecule has 2 fully saturated rings. The van der Waals surface area contributed by atoms with Crippen LogP contribution in [0.3, 0.4) is 0 Å². The Labute approximate surface area is 193 Å². The molecule has 0 spiro atoms. The van der Waals surface area contributed by atoms with Crippen LogP contribution in [0.5, 0.6) is 0 Å². The van der Waals surface area contributed by atoms with Gasteiger partial charge in [0.05, 0.1) is 11.9 Å². The molecule has 8 heteroatoms. The molecule has 2 aromatic heterocycles. The van der Waals surface area contributed by atoms with Gasteiger partial charge in [0.2, 0.25) is 0 Å². The van der Waals surface area contributed by atoms with Crippen molar-refractivity contribution >= 4 is 34.4 Å². The molecule has 7 nitrogen and oxygen atoms in total. The number of halogens is 1. The third kappa shape index (κ3) is 4.59. The second kappa shape index (κ2) is 9.46. The summed E-state index contributed by atoms with van der Waals surface area (Å²) in [7, 11) is 0. The lowest BCUT2D eigenvalue weighted by Crippen LogP contribution is -2.36. The molecule has 2 saturated heterocycles. The first-order valence-electron chi connectivity index (χ1n) is 11.6. The average molecular weight is 453 g/mol. The first-order valence-corrected chi connectivity index (χ1v) is 11.9. The molecule has 168 valence electrons. The van der Waals surface area contributed by atoms with Gasteiger partial charge in [-0.1, -0.05) is 36.6 Å². The van der Waals surface area contributed by atoms with Gasteiger partial charge in [-0.25, -0.2) is 9.67 Å². The molecule has 5 rings (SSSR count). The van der Waals surface area contributed by atoms with E-state index >= 15 is 0 Å². The number of nitrogens with one attached hydrogen (secondary N) is 2. The third-order valence-corrected chi connectivity index (χ3v) is 6.62. The van der Waals surface area contributed by atoms with Crippen molar-refractivity contribution in [2.24, 2.45) is 0 Å². The van der Waals surface area contributed by atoms with E-state index in [-0.39, 0.29) is 11.9 Å². The van der Waals surface area contributed by atoms with Crippen LogP contribution < -0.4 is 15.5 Å². The Kier molecular flexibility index (Phi) is 6.28. The largest absolute Gasteiger partial charge is 0.357 e. The predicted molar refractivity (Wildman–Crippen MR) is 128 cm³/mol. The number of anilines is 1. The number of carbonyl (C=O) groups is 1. The first kappa shape index (κ1) is 21.2. The maximum Gasteiger partial charge on any atom is 0.272 e. The van der Waals surface area contributed by atoms with E-state index in [2.05, 4.69) is 15.5 Å². The van der Waals surface area contributed by atoms with Gasteiger partial charge < -0.3 is 15.5 Å². The average Bonchev–Trinajstić information content (AvgIpc) is 3.34. The normalized spacial score (nSPS) is 19.3. The highest BCUT2D eigenvalue weighted by Gasteiger charge is 2.24. The Bertz CT molecular complexity index is 1080. The summed E-state index contributed by atoms with van der Waals surface area (Å²) < 4.78 is 1.85. The Balaban J connectivity index is 1.51. The Morgan fingerprint density at radius 1 is 1.09 bits per heavy atom. The van der Waals surface area contributed by atoms with Crippen molar-refractivity contribution in [1.29, 1.82) is 0 Å². The van der Waals surface area contributed by atoms with Crippen LogP contribution in [-0.2, 0) is 6.54 Å². The van der Waals surface area contributed by atoms with Gasteiger partial charge in [0.15, 0.2) is 11.3 Å². The molecule has 4 heterocycles. The molecular formula is C24H29ClN6O. The molecule has 2 N–H and O–H groups in total. The molecule has 1 unspecified atom stereocenters. The standard InChI is InChI=1S/C24H29ClN6O/c25-18-7-5-17(6-8-18)16-31-23-20(22(29-31)24(32)27-19-11-12-26-15-19)9-10-21(28-23)30-13-3-1-2-4-14-30/h5-10,19,26H,1-4,11-16H2,(H,27,32). The highest BCUT2D eigenvalue weighted by molar-refractivity contribution is 6.30. The van der Waals surface area contributed by atoms with E-state index in [4.69, 9.17) is 21.7 Å². The van der Waals surface area contributed by atoms with Gasteiger partial charge in [0.25, 0.3) is 5.91 Å². The second-order valence-electron chi connectivity index (χ2n) is 8.74. The van der Waals surface area contributed by atoms with Gasteiger partial charge in [-0.2, -0.15) is 5.10 Å². The van der Waals surface area contributed by atoms with E-state index in [1.807, 2.05) is 41.1 Å². The summed E-state index contributed by atoms with van der Waals surface area (Å²) in [6.45, 7) is 4.30. The van der Waals surface area contributed by atoms with E-state index in [9.17, 15) is 4.79 Å².